The third-order valence-electron chi connectivity index (χ3n) is 22.2. The van der Waals surface area contributed by atoms with E-state index in [9.17, 15) is 117 Å². The summed E-state index contributed by atoms with van der Waals surface area (Å²) >= 11 is 9.47. The predicted molar refractivity (Wildman–Crippen MR) is 532 cm³/mol. The van der Waals surface area contributed by atoms with Crippen LogP contribution in [0.3, 0.4) is 0 Å². The monoisotopic (exact) mass is 2110 g/mol. The van der Waals surface area contributed by atoms with E-state index in [0.29, 0.717) is 16.5 Å². The standard InChI is InChI=1S/C86H142N30O26S3/c1-41(2)31-55(76(134)106-51(19-22-62(88)120)74(132)114-60(40-144)80(138)104-50(17-11-28-98-86(94)95)70(128)102-48(15-9-26-96-84(90)91)72(130)107-53(25-30-145-6)75(133)108-54(83(141)142)20-23-63(89)121)109-78(136)57(33-44-34-99-47-14-8-7-13-45(44)47)110-73(131)52(21-24-66(124)125)105-71(129)49(16-10-27-97-85(92)93)103-77(135)56(32-42(3)4)111-82(140)67(43(5)119)115-81(139)61-18-12-29-116(61)65(123)36-100-64(122)35-101-69(127)58(37-117)113-79(137)59(38-118)112-68(126)46(87)39-143/h7-8,13-14,34,41-43,46,48-61,67,99,117-119,143-144H,9-12,15-33,35-40,87H2,1-6H3,(H2,88,120)(H2,89,121)(H,100,122)(H,101,127)(H,102,128)(H,103,135)(H,104,138)(H,105,129)(H,106,134)(H,107,130)(H,108,133)(H,109,136)(H,110,131)(H,111,140)(H,112,126)(H,113,137)(H,114,132)(H,115,139)(H,124,125)(H,141,142)(H4,90,91,96)(H4,92,93,97)(H4,94,95,98)/t43-,46+,48+,49+,50+,51+,52+,53+,54+,55+,56+,57+,58+,59+,60+,61+,67+/m1/s1. The van der Waals surface area contributed by atoms with Gasteiger partial charge in [0.1, 0.15) is 90.6 Å². The number of aromatic amines is 1. The van der Waals surface area contributed by atoms with Gasteiger partial charge in [-0.3, -0.25) is 112 Å². The summed E-state index contributed by atoms with van der Waals surface area (Å²) in [6.07, 6.45) is -3.59. The fourth-order valence-electron chi connectivity index (χ4n) is 14.5. The van der Waals surface area contributed by atoms with Crippen LogP contribution in [0.4, 0.5) is 0 Å². The number of nitrogens with zero attached hydrogens (tertiary/aromatic N) is 1. The molecule has 59 heteroatoms. The summed E-state index contributed by atoms with van der Waals surface area (Å²) in [5.41, 5.74) is 33.9. The van der Waals surface area contributed by atoms with Crippen LogP contribution in [0.25, 0.3) is 10.9 Å². The number of amides is 19. The number of carbonyl (C=O) groups is 21. The largest absolute Gasteiger partial charge is 0.481 e. The van der Waals surface area contributed by atoms with E-state index in [4.69, 9.17) is 50.6 Å². The number of nitrogens with two attached hydrogens (primary N) is 6. The molecule has 1 saturated heterocycles. The molecule has 0 radical (unpaired) electrons. The van der Waals surface area contributed by atoms with Gasteiger partial charge in [-0.2, -0.15) is 37.0 Å². The number of fused-ring (bicyclic) bond motifs is 1. The second-order valence-electron chi connectivity index (χ2n) is 34.9. The van der Waals surface area contributed by atoms with Crippen LogP contribution in [-0.4, -0.2) is 356 Å². The van der Waals surface area contributed by atoms with Crippen molar-refractivity contribution in [2.24, 2.45) is 46.2 Å². The number of carboxylic acid groups (broad SMARTS) is 2. The Morgan fingerprint density at radius 3 is 1.26 bits per heavy atom. The number of hydrogen-bond donors (Lipinski definition) is 36. The molecular formula is C86H142N30O26S3. The van der Waals surface area contributed by atoms with Crippen molar-refractivity contribution >= 4 is 190 Å². The number of nitrogens with one attached hydrogen (secondary N) is 23. The van der Waals surface area contributed by atoms with Crippen LogP contribution in [0.15, 0.2) is 30.5 Å². The fraction of sp³-hybridized carbons (Fsp3) is 0.628. The Morgan fingerprint density at radius 2 is 0.828 bits per heavy atom. The lowest BCUT2D eigenvalue weighted by molar-refractivity contribution is -0.143. The van der Waals surface area contributed by atoms with Crippen molar-refractivity contribution in [2.75, 3.05) is 76.0 Å². The Labute approximate surface area is 850 Å². The van der Waals surface area contributed by atoms with E-state index in [1.165, 1.54) is 18.0 Å². The summed E-state index contributed by atoms with van der Waals surface area (Å²) < 4.78 is 0. The Hall–Kier alpha value is -13.7. The minimum absolute atomic E-state index is 0.00702. The van der Waals surface area contributed by atoms with Gasteiger partial charge in [0.25, 0.3) is 0 Å². The van der Waals surface area contributed by atoms with Crippen LogP contribution >= 0.6 is 37.0 Å². The van der Waals surface area contributed by atoms with E-state index >= 15 is 9.59 Å². The number of H-pyrrole nitrogens is 1. The molecule has 1 aliphatic rings. The topological polar surface area (TPSA) is 935 Å². The first-order valence-electron chi connectivity index (χ1n) is 46.6. The first-order chi connectivity index (χ1) is 68.4. The van der Waals surface area contributed by atoms with E-state index in [-0.39, 0.29) is 108 Å². The smallest absolute Gasteiger partial charge is 0.326 e. The lowest BCUT2D eigenvalue weighted by Gasteiger charge is -2.30. The van der Waals surface area contributed by atoms with Crippen molar-refractivity contribution < 1.29 is 126 Å². The predicted octanol–water partition coefficient (Wildman–Crippen LogP) is -11.6. The number of thioether (sulfide) groups is 1. The Morgan fingerprint density at radius 1 is 0.448 bits per heavy atom. The molecule has 2 heterocycles. The van der Waals surface area contributed by atoms with Crippen molar-refractivity contribution in [3.63, 3.8) is 0 Å². The fourth-order valence-corrected chi connectivity index (χ4v) is 15.4. The molecule has 0 spiro atoms. The van der Waals surface area contributed by atoms with Gasteiger partial charge < -0.3 is 171 Å². The number of likely N-dealkylation sites (tertiary alicyclic amines) is 1. The van der Waals surface area contributed by atoms with Crippen molar-refractivity contribution in [3.8, 4) is 0 Å². The maximum absolute atomic E-state index is 15.3. The number of carboxylic acids is 2. The van der Waals surface area contributed by atoms with E-state index in [1.54, 1.807) is 58.2 Å². The average molecular weight is 2110 g/mol. The molecule has 1 aliphatic heterocycles. The first kappa shape index (κ1) is 125. The second-order valence-corrected chi connectivity index (χ2v) is 36.6. The molecule has 56 nitrogen and oxygen atoms in total. The minimum Gasteiger partial charge on any atom is -0.481 e. The lowest BCUT2D eigenvalue weighted by atomic mass is 9.99. The molecule has 2 aromatic rings. The van der Waals surface area contributed by atoms with Gasteiger partial charge in [0.15, 0.2) is 17.9 Å². The van der Waals surface area contributed by atoms with Gasteiger partial charge in [0.2, 0.25) is 112 Å². The number of guanidine groups is 3. The summed E-state index contributed by atoms with van der Waals surface area (Å²) in [5.74, 6) is -25.4. The number of aromatic nitrogens is 1. The molecule has 0 aliphatic carbocycles. The number of benzene rings is 1. The number of hydrogen-bond acceptors (Lipinski definition) is 31. The van der Waals surface area contributed by atoms with Crippen LogP contribution < -0.4 is 135 Å². The summed E-state index contributed by atoms with van der Waals surface area (Å²) in [7, 11) is 0. The zero-order chi connectivity index (χ0) is 109. The summed E-state index contributed by atoms with van der Waals surface area (Å²) in [4.78, 5) is 292. The van der Waals surface area contributed by atoms with Gasteiger partial charge in [-0.05, 0) is 132 Å². The highest BCUT2D eigenvalue weighted by atomic mass is 32.2. The molecule has 1 aromatic heterocycles. The van der Waals surface area contributed by atoms with Gasteiger partial charge >= 0.3 is 11.9 Å². The summed E-state index contributed by atoms with van der Waals surface area (Å²) in [5, 5.41) is 121. The molecule has 17 atom stereocenters. The van der Waals surface area contributed by atoms with Gasteiger partial charge in [-0.1, -0.05) is 45.9 Å². The maximum atomic E-state index is 15.3. The zero-order valence-electron chi connectivity index (χ0n) is 81.4. The number of para-hydroxylation sites is 1. The Kier molecular flexibility index (Phi) is 56.7. The second kappa shape index (κ2) is 65.6. The molecule has 19 amide bonds. The SMILES string of the molecule is CSCC[C@H](NC(=O)[C@H](CCCNC(=N)N)NC(=O)[C@H](CCCNC(=N)N)NC(=O)[C@H](CS)NC(=O)[C@H](CCC(N)=O)NC(=O)[C@H](CC(C)C)NC(=O)[C@H](Cc1c[nH]c2ccccc12)NC(=O)[C@H](CCC(=O)O)NC(=O)[C@H](CCCNC(=N)N)NC(=O)[C@H](CC(C)C)NC(=O)[C@@H](NC(=O)[C@@H]1CCCN1C(=O)CNC(=O)CNC(=O)[C@H](CO)NC(=O)[C@H](CO)NC(=O)[C@@H](N)CS)[C@@H](C)O)C(=O)N[C@@H](CCC(N)=O)C(=O)O. The summed E-state index contributed by atoms with van der Waals surface area (Å²) in [6.45, 7) is 3.98. The Bertz CT molecular complexity index is 4810. The molecule has 1 fully saturated rings. The van der Waals surface area contributed by atoms with Crippen LogP contribution in [0.5, 0.6) is 0 Å². The Balaban J connectivity index is 2.01. The highest BCUT2D eigenvalue weighted by molar-refractivity contribution is 7.98. The lowest BCUT2D eigenvalue weighted by Crippen LogP contribution is -2.62. The molecule has 145 heavy (non-hydrogen) atoms. The number of thiol groups is 2. The van der Waals surface area contributed by atoms with Crippen LogP contribution in [0, 0.1) is 28.1 Å². The molecule has 0 unspecified atom stereocenters. The van der Waals surface area contributed by atoms with Gasteiger partial charge in [0, 0.05) is 80.5 Å². The first-order valence-corrected chi connectivity index (χ1v) is 49.3. The minimum atomic E-state index is -1.90. The van der Waals surface area contributed by atoms with Crippen LogP contribution in [0.2, 0.25) is 0 Å². The summed E-state index contributed by atoms with van der Waals surface area (Å²) in [6, 6.07) is -19.2. The van der Waals surface area contributed by atoms with E-state index < -0.39 is 334 Å². The number of aliphatic hydroxyl groups excluding tert-OH is 3. The van der Waals surface area contributed by atoms with Crippen molar-refractivity contribution in [1.29, 1.82) is 16.2 Å². The third-order valence-corrected chi connectivity index (χ3v) is 23.6. The number of primary amides is 2. The maximum Gasteiger partial charge on any atom is 0.326 e. The molecule has 1 aromatic carbocycles. The molecule has 40 N–H and O–H groups in total. The normalized spacial score (nSPS) is 15.5. The van der Waals surface area contributed by atoms with Gasteiger partial charge in [-0.25, -0.2) is 4.79 Å². The number of carbonyl (C=O) groups excluding carboxylic acids is 19. The molecule has 810 valence electrons. The number of rotatable bonds is 69. The highest BCUT2D eigenvalue weighted by Gasteiger charge is 2.42. The third kappa shape index (κ3) is 46.7. The molecule has 0 bridgehead atoms. The molecule has 3 rings (SSSR count). The zero-order valence-corrected chi connectivity index (χ0v) is 84.0. The quantitative estimate of drug-likeness (QED) is 0.0127. The average Bonchev–Trinajstić information content (AvgIpc) is 1.80. The number of aliphatic hydroxyl groups is 3. The molecule has 0 saturated carbocycles. The van der Waals surface area contributed by atoms with Crippen LogP contribution in [0.1, 0.15) is 149 Å². The van der Waals surface area contributed by atoms with E-state index in [0.717, 1.165) is 11.8 Å². The molecular weight excluding hydrogens is 1970 g/mol. The van der Waals surface area contributed by atoms with Crippen molar-refractivity contribution in [3.05, 3.63) is 36.0 Å². The van der Waals surface area contributed by atoms with E-state index in [1.807, 2.05) is 0 Å². The van der Waals surface area contributed by atoms with Gasteiger partial charge in [0.05, 0.1) is 38.4 Å². The highest BCUT2D eigenvalue weighted by Crippen LogP contribution is 2.23. The van der Waals surface area contributed by atoms with Gasteiger partial charge in [-0.15, -0.1) is 0 Å². The van der Waals surface area contributed by atoms with Crippen LogP contribution in [-0.2, 0) is 107 Å². The van der Waals surface area contributed by atoms with Crippen molar-refractivity contribution in [2.45, 2.75) is 253 Å². The van der Waals surface area contributed by atoms with E-state index in [2.05, 4.69) is 131 Å². The van der Waals surface area contributed by atoms with Crippen molar-refractivity contribution in [1.82, 2.24) is 111 Å². The number of aliphatic carboxylic acids is 2.